The second kappa shape index (κ2) is 6.86. The molecule has 1 rings (SSSR count). The monoisotopic (exact) mass is 228 g/mol. The van der Waals surface area contributed by atoms with E-state index in [1.165, 1.54) is 6.42 Å². The van der Waals surface area contributed by atoms with Crippen LogP contribution in [0.15, 0.2) is 0 Å². The number of hydrogen-bond acceptors (Lipinski definition) is 3. The zero-order chi connectivity index (χ0) is 12.0. The highest BCUT2D eigenvalue weighted by Crippen LogP contribution is 2.04. The summed E-state index contributed by atoms with van der Waals surface area (Å²) in [7, 11) is 0. The van der Waals surface area contributed by atoms with Crippen LogP contribution in [-0.4, -0.2) is 37.7 Å². The first-order chi connectivity index (χ1) is 7.59. The van der Waals surface area contributed by atoms with Gasteiger partial charge in [-0.2, -0.15) is 0 Å². The van der Waals surface area contributed by atoms with Crippen molar-refractivity contribution in [3.8, 4) is 0 Å². The van der Waals surface area contributed by atoms with E-state index in [-0.39, 0.29) is 18.6 Å². The van der Waals surface area contributed by atoms with E-state index in [1.54, 1.807) is 0 Å². The lowest BCUT2D eigenvalue weighted by Gasteiger charge is -2.17. The van der Waals surface area contributed by atoms with Gasteiger partial charge in [0.15, 0.2) is 0 Å². The van der Waals surface area contributed by atoms with Crippen LogP contribution in [0.2, 0.25) is 0 Å². The number of carbonyl (C=O) groups is 1. The highest BCUT2D eigenvalue weighted by molar-refractivity contribution is 5.77. The van der Waals surface area contributed by atoms with Crippen LogP contribution in [0.5, 0.6) is 0 Å². The van der Waals surface area contributed by atoms with Gasteiger partial charge in [-0.25, -0.2) is 0 Å². The quantitative estimate of drug-likeness (QED) is 0.710. The zero-order valence-electron chi connectivity index (χ0n) is 10.6. The van der Waals surface area contributed by atoms with Gasteiger partial charge in [-0.15, -0.1) is 0 Å². The van der Waals surface area contributed by atoms with Crippen LogP contribution in [0, 0.1) is 5.92 Å². The molecule has 0 radical (unpaired) electrons. The third kappa shape index (κ3) is 4.94. The molecule has 1 amide bonds. The summed E-state index contributed by atoms with van der Waals surface area (Å²) in [5, 5.41) is 6.25. The lowest BCUT2D eigenvalue weighted by Crippen LogP contribution is -2.39. The molecular weight excluding hydrogens is 204 g/mol. The third-order valence-corrected chi connectivity index (χ3v) is 3.10. The van der Waals surface area contributed by atoms with E-state index in [4.69, 9.17) is 4.74 Å². The molecule has 1 fully saturated rings. The normalized spacial score (nSPS) is 22.4. The molecular formula is C12H24N2O2. The minimum absolute atomic E-state index is 0.0146. The number of ether oxygens (including phenoxy) is 1. The van der Waals surface area contributed by atoms with Gasteiger partial charge < -0.3 is 15.4 Å². The molecule has 1 aliphatic heterocycles. The largest absolute Gasteiger partial charge is 0.370 e. The number of hydrogen-bond donors (Lipinski definition) is 2. The first-order valence-electron chi connectivity index (χ1n) is 6.20. The summed E-state index contributed by atoms with van der Waals surface area (Å²) in [5.74, 6) is 0.444. The highest BCUT2D eigenvalue weighted by Gasteiger charge is 2.15. The lowest BCUT2D eigenvalue weighted by molar-refractivity contribution is -0.126. The Kier molecular flexibility index (Phi) is 5.77. The Balaban J connectivity index is 2.05. The van der Waals surface area contributed by atoms with E-state index in [9.17, 15) is 4.79 Å². The number of amides is 1. The summed E-state index contributed by atoms with van der Waals surface area (Å²) in [6.45, 7) is 8.09. The summed E-state index contributed by atoms with van der Waals surface area (Å²) in [5.41, 5.74) is 0. The number of nitrogens with one attached hydrogen (secondary N) is 2. The Hall–Kier alpha value is -0.610. The first kappa shape index (κ1) is 13.5. The van der Waals surface area contributed by atoms with Crippen molar-refractivity contribution in [2.45, 2.75) is 45.7 Å². The molecule has 0 aliphatic carbocycles. The molecule has 4 nitrogen and oxygen atoms in total. The predicted octanol–water partition coefficient (Wildman–Crippen LogP) is 0.916. The van der Waals surface area contributed by atoms with Gasteiger partial charge in [0.25, 0.3) is 0 Å². The SMILES string of the molecule is CC(C)C(C)NC(=O)COCC1CCCN1. The van der Waals surface area contributed by atoms with Crippen LogP contribution in [0.25, 0.3) is 0 Å². The van der Waals surface area contributed by atoms with Gasteiger partial charge >= 0.3 is 0 Å². The molecule has 94 valence electrons. The summed E-state index contributed by atoms with van der Waals surface area (Å²) >= 11 is 0. The maximum absolute atomic E-state index is 11.5. The Morgan fingerprint density at radius 3 is 2.81 bits per heavy atom. The first-order valence-corrected chi connectivity index (χ1v) is 6.20. The van der Waals surface area contributed by atoms with Crippen molar-refractivity contribution in [1.29, 1.82) is 0 Å². The van der Waals surface area contributed by atoms with Crippen molar-refractivity contribution >= 4 is 5.91 Å². The second-order valence-corrected chi connectivity index (χ2v) is 4.91. The van der Waals surface area contributed by atoms with Crippen molar-refractivity contribution in [2.75, 3.05) is 19.8 Å². The molecule has 4 heteroatoms. The molecule has 2 unspecified atom stereocenters. The Morgan fingerprint density at radius 2 is 2.25 bits per heavy atom. The second-order valence-electron chi connectivity index (χ2n) is 4.91. The van der Waals surface area contributed by atoms with Crippen molar-refractivity contribution in [3.05, 3.63) is 0 Å². The van der Waals surface area contributed by atoms with E-state index < -0.39 is 0 Å². The van der Waals surface area contributed by atoms with Crippen LogP contribution in [0.3, 0.4) is 0 Å². The van der Waals surface area contributed by atoms with Crippen LogP contribution >= 0.6 is 0 Å². The van der Waals surface area contributed by atoms with E-state index in [0.29, 0.717) is 18.6 Å². The predicted molar refractivity (Wildman–Crippen MR) is 64.3 cm³/mol. The number of rotatable bonds is 6. The van der Waals surface area contributed by atoms with Crippen LogP contribution < -0.4 is 10.6 Å². The van der Waals surface area contributed by atoms with Gasteiger partial charge in [0.05, 0.1) is 6.61 Å². The van der Waals surface area contributed by atoms with Gasteiger partial charge in [-0.3, -0.25) is 4.79 Å². The third-order valence-electron chi connectivity index (χ3n) is 3.10. The lowest BCUT2D eigenvalue weighted by atomic mass is 10.1. The van der Waals surface area contributed by atoms with Crippen LogP contribution in [-0.2, 0) is 9.53 Å². The standard InChI is InChI=1S/C12H24N2O2/c1-9(2)10(3)14-12(15)8-16-7-11-5-4-6-13-11/h9-11,13H,4-8H2,1-3H3,(H,14,15). The Bertz CT molecular complexity index is 213. The topological polar surface area (TPSA) is 50.4 Å². The van der Waals surface area contributed by atoms with Crippen molar-refractivity contribution in [1.82, 2.24) is 10.6 Å². The summed E-state index contributed by atoms with van der Waals surface area (Å²) < 4.78 is 5.39. The van der Waals surface area contributed by atoms with Gasteiger partial charge in [0.2, 0.25) is 5.91 Å². The Labute approximate surface area is 98.1 Å². The highest BCUT2D eigenvalue weighted by atomic mass is 16.5. The summed E-state index contributed by atoms with van der Waals surface area (Å²) in [4.78, 5) is 11.5. The van der Waals surface area contributed by atoms with E-state index in [0.717, 1.165) is 13.0 Å². The molecule has 16 heavy (non-hydrogen) atoms. The fourth-order valence-electron chi connectivity index (χ4n) is 1.66. The average Bonchev–Trinajstić information content (AvgIpc) is 2.70. The molecule has 2 N–H and O–H groups in total. The maximum atomic E-state index is 11.5. The minimum Gasteiger partial charge on any atom is -0.370 e. The van der Waals surface area contributed by atoms with Gasteiger partial charge in [-0.1, -0.05) is 13.8 Å². The minimum atomic E-state index is -0.0146. The molecule has 0 bridgehead atoms. The molecule has 0 aromatic carbocycles. The van der Waals surface area contributed by atoms with Crippen molar-refractivity contribution in [2.24, 2.45) is 5.92 Å². The maximum Gasteiger partial charge on any atom is 0.246 e. The summed E-state index contributed by atoms with van der Waals surface area (Å²) in [6.07, 6.45) is 2.37. The van der Waals surface area contributed by atoms with E-state index >= 15 is 0 Å². The van der Waals surface area contributed by atoms with Crippen molar-refractivity contribution < 1.29 is 9.53 Å². The molecule has 0 saturated carbocycles. The van der Waals surface area contributed by atoms with Crippen LogP contribution in [0.1, 0.15) is 33.6 Å². The van der Waals surface area contributed by atoms with Crippen molar-refractivity contribution in [3.63, 3.8) is 0 Å². The smallest absolute Gasteiger partial charge is 0.246 e. The molecule has 1 saturated heterocycles. The van der Waals surface area contributed by atoms with Gasteiger partial charge in [-0.05, 0) is 32.2 Å². The fourth-order valence-corrected chi connectivity index (χ4v) is 1.66. The number of carbonyl (C=O) groups excluding carboxylic acids is 1. The van der Waals surface area contributed by atoms with E-state index in [1.807, 2.05) is 6.92 Å². The van der Waals surface area contributed by atoms with Gasteiger partial charge in [0.1, 0.15) is 6.61 Å². The Morgan fingerprint density at radius 1 is 1.50 bits per heavy atom. The molecule has 1 heterocycles. The summed E-state index contributed by atoms with van der Waals surface area (Å²) in [6, 6.07) is 0.649. The molecule has 2 atom stereocenters. The average molecular weight is 228 g/mol. The van der Waals surface area contributed by atoms with Crippen LogP contribution in [0.4, 0.5) is 0 Å². The fraction of sp³-hybridized carbons (Fsp3) is 0.917. The van der Waals surface area contributed by atoms with E-state index in [2.05, 4.69) is 24.5 Å². The molecule has 1 aliphatic rings. The molecule has 0 spiro atoms. The van der Waals surface area contributed by atoms with Gasteiger partial charge in [0, 0.05) is 12.1 Å². The molecule has 0 aromatic rings. The molecule has 0 aromatic heterocycles. The zero-order valence-corrected chi connectivity index (χ0v) is 10.6.